The minimum absolute atomic E-state index is 0.146. The summed E-state index contributed by atoms with van der Waals surface area (Å²) >= 11 is 0. The molecule has 0 amide bonds. The third kappa shape index (κ3) is 1.09. The van der Waals surface area contributed by atoms with E-state index < -0.39 is 6.10 Å². The largest absolute Gasteiger partial charge is 0.378 e. The summed E-state index contributed by atoms with van der Waals surface area (Å²) in [6, 6.07) is 0. The van der Waals surface area contributed by atoms with Crippen molar-refractivity contribution >= 4 is 11.6 Å². The van der Waals surface area contributed by atoms with Gasteiger partial charge in [-0.2, -0.15) is 0 Å². The van der Waals surface area contributed by atoms with E-state index in [0.29, 0.717) is 12.8 Å². The average molecular weight is 142 g/mol. The Kier molecular flexibility index (Phi) is 1.85. The third-order valence-electron chi connectivity index (χ3n) is 1.88. The van der Waals surface area contributed by atoms with E-state index in [1.165, 1.54) is 0 Å². The van der Waals surface area contributed by atoms with Crippen molar-refractivity contribution in [3.63, 3.8) is 0 Å². The first kappa shape index (κ1) is 7.41. The Hall–Kier alpha value is -0.700. The van der Waals surface area contributed by atoms with Gasteiger partial charge >= 0.3 is 0 Å². The average Bonchev–Trinajstić information content (AvgIpc) is 1.93. The molecule has 1 aliphatic carbocycles. The number of carbonyl (C=O) groups excluding carboxylic acids is 2. The monoisotopic (exact) mass is 142 g/mol. The summed E-state index contributed by atoms with van der Waals surface area (Å²) < 4.78 is 0. The SMILES string of the molecule is CC1CCC(=O)[C@@H](O)C1=O. The van der Waals surface area contributed by atoms with Crippen molar-refractivity contribution in [2.24, 2.45) is 5.92 Å². The zero-order valence-electron chi connectivity index (χ0n) is 5.83. The number of aliphatic hydroxyl groups is 1. The van der Waals surface area contributed by atoms with Gasteiger partial charge in [0.2, 0.25) is 0 Å². The van der Waals surface area contributed by atoms with E-state index in [-0.39, 0.29) is 17.5 Å². The van der Waals surface area contributed by atoms with Crippen molar-refractivity contribution in [2.75, 3.05) is 0 Å². The highest BCUT2D eigenvalue weighted by molar-refractivity contribution is 6.07. The smallest absolute Gasteiger partial charge is 0.171 e. The van der Waals surface area contributed by atoms with Crippen LogP contribution in [0.1, 0.15) is 19.8 Å². The first-order valence-corrected chi connectivity index (χ1v) is 3.37. The summed E-state index contributed by atoms with van der Waals surface area (Å²) in [5.74, 6) is -0.799. The number of Topliss-reactive ketones (excluding diaryl/α,β-unsaturated/α-hetero) is 2. The van der Waals surface area contributed by atoms with Gasteiger partial charge in [-0.05, 0) is 6.42 Å². The Morgan fingerprint density at radius 3 is 2.60 bits per heavy atom. The van der Waals surface area contributed by atoms with Crippen LogP contribution in [0, 0.1) is 5.92 Å². The summed E-state index contributed by atoms with van der Waals surface area (Å²) in [6.07, 6.45) is -0.397. The van der Waals surface area contributed by atoms with E-state index in [1.54, 1.807) is 6.92 Å². The topological polar surface area (TPSA) is 54.4 Å². The normalized spacial score (nSPS) is 34.6. The lowest BCUT2D eigenvalue weighted by atomic mass is 9.86. The second-order valence-electron chi connectivity index (χ2n) is 2.71. The molecule has 0 saturated heterocycles. The Morgan fingerprint density at radius 1 is 1.50 bits per heavy atom. The van der Waals surface area contributed by atoms with Crippen LogP contribution in [0.4, 0.5) is 0 Å². The molecule has 1 saturated carbocycles. The number of carbonyl (C=O) groups is 2. The zero-order chi connectivity index (χ0) is 7.72. The van der Waals surface area contributed by atoms with Crippen molar-refractivity contribution in [1.29, 1.82) is 0 Å². The quantitative estimate of drug-likeness (QED) is 0.481. The molecule has 1 aliphatic rings. The predicted octanol–water partition coefficient (Wildman–Crippen LogP) is -0.0846. The summed E-state index contributed by atoms with van der Waals surface area (Å²) in [4.78, 5) is 21.5. The van der Waals surface area contributed by atoms with Gasteiger partial charge in [-0.25, -0.2) is 0 Å². The van der Waals surface area contributed by atoms with Crippen molar-refractivity contribution < 1.29 is 14.7 Å². The van der Waals surface area contributed by atoms with Crippen molar-refractivity contribution in [3.05, 3.63) is 0 Å². The Labute approximate surface area is 59.0 Å². The molecular weight excluding hydrogens is 132 g/mol. The van der Waals surface area contributed by atoms with E-state index in [2.05, 4.69) is 0 Å². The maximum Gasteiger partial charge on any atom is 0.171 e. The Bertz CT molecular complexity index is 174. The van der Waals surface area contributed by atoms with E-state index in [1.807, 2.05) is 0 Å². The van der Waals surface area contributed by atoms with Crippen molar-refractivity contribution in [3.8, 4) is 0 Å². The Morgan fingerprint density at radius 2 is 2.10 bits per heavy atom. The molecule has 1 N–H and O–H groups in total. The summed E-state index contributed by atoms with van der Waals surface area (Å²) in [7, 11) is 0. The summed E-state index contributed by atoms with van der Waals surface area (Å²) in [5.41, 5.74) is 0. The minimum Gasteiger partial charge on any atom is -0.378 e. The highest BCUT2D eigenvalue weighted by Crippen LogP contribution is 2.17. The van der Waals surface area contributed by atoms with Crippen molar-refractivity contribution in [1.82, 2.24) is 0 Å². The number of hydrogen-bond acceptors (Lipinski definition) is 3. The Balaban J connectivity index is 2.70. The molecule has 2 atom stereocenters. The first-order chi connectivity index (χ1) is 4.63. The molecule has 0 aromatic heterocycles. The number of rotatable bonds is 0. The molecule has 1 rings (SSSR count). The molecule has 0 heterocycles. The fraction of sp³-hybridized carbons (Fsp3) is 0.714. The summed E-state index contributed by atoms with van der Waals surface area (Å²) in [6.45, 7) is 1.73. The molecule has 0 aliphatic heterocycles. The molecular formula is C7H10O3. The van der Waals surface area contributed by atoms with Crippen LogP contribution >= 0.6 is 0 Å². The molecule has 10 heavy (non-hydrogen) atoms. The van der Waals surface area contributed by atoms with Gasteiger partial charge < -0.3 is 5.11 Å². The van der Waals surface area contributed by atoms with Gasteiger partial charge in [0.05, 0.1) is 0 Å². The summed E-state index contributed by atoms with van der Waals surface area (Å²) in [5, 5.41) is 8.92. The van der Waals surface area contributed by atoms with Gasteiger partial charge in [0.25, 0.3) is 0 Å². The number of ketones is 2. The second kappa shape index (κ2) is 2.50. The molecule has 0 spiro atoms. The molecule has 1 unspecified atom stereocenters. The van der Waals surface area contributed by atoms with Gasteiger partial charge in [-0.15, -0.1) is 0 Å². The molecule has 3 nitrogen and oxygen atoms in total. The van der Waals surface area contributed by atoms with Crippen LogP contribution in [-0.2, 0) is 9.59 Å². The lowest BCUT2D eigenvalue weighted by molar-refractivity contribution is -0.144. The third-order valence-corrected chi connectivity index (χ3v) is 1.88. The fourth-order valence-corrected chi connectivity index (χ4v) is 1.07. The molecule has 56 valence electrons. The molecule has 1 fully saturated rings. The molecule has 3 heteroatoms. The molecule has 0 radical (unpaired) electrons. The number of aliphatic hydroxyl groups excluding tert-OH is 1. The van der Waals surface area contributed by atoms with Crippen LogP contribution in [0.15, 0.2) is 0 Å². The minimum atomic E-state index is -1.33. The highest BCUT2D eigenvalue weighted by atomic mass is 16.3. The van der Waals surface area contributed by atoms with Crippen LogP contribution in [0.2, 0.25) is 0 Å². The van der Waals surface area contributed by atoms with Gasteiger partial charge in [0.15, 0.2) is 17.7 Å². The predicted molar refractivity (Wildman–Crippen MR) is 34.4 cm³/mol. The standard InChI is InChI=1S/C7H10O3/c1-4-2-3-5(8)7(10)6(4)9/h4,7,10H,2-3H2,1H3/t4?,7-/m1/s1. The van der Waals surface area contributed by atoms with E-state index in [4.69, 9.17) is 5.11 Å². The lowest BCUT2D eigenvalue weighted by Gasteiger charge is -2.19. The van der Waals surface area contributed by atoms with Gasteiger partial charge in [0, 0.05) is 12.3 Å². The fourth-order valence-electron chi connectivity index (χ4n) is 1.07. The molecule has 0 aromatic carbocycles. The van der Waals surface area contributed by atoms with Gasteiger partial charge in [-0.3, -0.25) is 9.59 Å². The van der Waals surface area contributed by atoms with Crippen LogP contribution in [-0.4, -0.2) is 22.8 Å². The molecule has 0 bridgehead atoms. The van der Waals surface area contributed by atoms with Gasteiger partial charge in [0.1, 0.15) is 0 Å². The van der Waals surface area contributed by atoms with Crippen LogP contribution in [0.3, 0.4) is 0 Å². The maximum absolute atomic E-state index is 10.9. The second-order valence-corrected chi connectivity index (χ2v) is 2.71. The lowest BCUT2D eigenvalue weighted by Crippen LogP contribution is -2.38. The van der Waals surface area contributed by atoms with Crippen LogP contribution in [0.5, 0.6) is 0 Å². The van der Waals surface area contributed by atoms with Gasteiger partial charge in [-0.1, -0.05) is 6.92 Å². The maximum atomic E-state index is 10.9. The van der Waals surface area contributed by atoms with E-state index >= 15 is 0 Å². The van der Waals surface area contributed by atoms with Crippen molar-refractivity contribution in [2.45, 2.75) is 25.9 Å². The number of hydrogen-bond donors (Lipinski definition) is 1. The van der Waals surface area contributed by atoms with E-state index in [0.717, 1.165) is 0 Å². The highest BCUT2D eigenvalue weighted by Gasteiger charge is 2.32. The van der Waals surface area contributed by atoms with E-state index in [9.17, 15) is 9.59 Å². The first-order valence-electron chi connectivity index (χ1n) is 3.37. The van der Waals surface area contributed by atoms with Crippen LogP contribution < -0.4 is 0 Å². The van der Waals surface area contributed by atoms with Crippen LogP contribution in [0.25, 0.3) is 0 Å². The zero-order valence-corrected chi connectivity index (χ0v) is 5.83. The molecule has 0 aromatic rings.